The number of hydrogen-bond acceptors (Lipinski definition) is 2. The fourth-order valence-electron chi connectivity index (χ4n) is 6.55. The van der Waals surface area contributed by atoms with Crippen molar-refractivity contribution in [3.8, 4) is 0 Å². The number of fused-ring (bicyclic) bond motifs is 5. The summed E-state index contributed by atoms with van der Waals surface area (Å²) >= 11 is 2.35. The molecule has 7 atom stereocenters. The molecule has 0 aromatic carbocycles. The molecule has 4 aliphatic carbocycles. The van der Waals surface area contributed by atoms with Crippen molar-refractivity contribution < 1.29 is 9.90 Å². The molecule has 4 aliphatic rings. The lowest BCUT2D eigenvalue weighted by Crippen LogP contribution is -2.52. The highest BCUT2D eigenvalue weighted by atomic mass is 127. The summed E-state index contributed by atoms with van der Waals surface area (Å²) in [5.41, 5.74) is 1.83. The minimum absolute atomic E-state index is 0.0894. The number of carbonyl (C=O) groups excluding carboxylic acids is 1. The quantitative estimate of drug-likeness (QED) is 0.474. The van der Waals surface area contributed by atoms with Gasteiger partial charge in [-0.1, -0.05) is 42.0 Å². The zero-order valence-electron chi connectivity index (χ0n) is 13.6. The predicted molar refractivity (Wildman–Crippen MR) is 95.9 cm³/mol. The fourth-order valence-corrected chi connectivity index (χ4v) is 7.65. The van der Waals surface area contributed by atoms with Crippen molar-refractivity contribution in [2.24, 2.45) is 28.6 Å². The van der Waals surface area contributed by atoms with Gasteiger partial charge in [-0.25, -0.2) is 0 Å². The number of aliphatic hydroxyl groups excluding tert-OH is 1. The number of rotatable bonds is 0. The molecule has 3 heteroatoms. The highest BCUT2D eigenvalue weighted by molar-refractivity contribution is 14.1. The minimum Gasteiger partial charge on any atom is -0.393 e. The molecule has 0 heterocycles. The van der Waals surface area contributed by atoms with Gasteiger partial charge in [0, 0.05) is 0 Å². The van der Waals surface area contributed by atoms with Gasteiger partial charge in [0.05, 0.1) is 10.0 Å². The first-order valence-corrected chi connectivity index (χ1v) is 10.2. The first-order chi connectivity index (χ1) is 10.4. The number of ketones is 1. The van der Waals surface area contributed by atoms with Crippen molar-refractivity contribution in [3.63, 3.8) is 0 Å². The van der Waals surface area contributed by atoms with Gasteiger partial charge in [-0.3, -0.25) is 4.79 Å². The summed E-state index contributed by atoms with van der Waals surface area (Å²) in [6.45, 7) is 4.77. The van der Waals surface area contributed by atoms with Crippen molar-refractivity contribution in [3.05, 3.63) is 11.6 Å². The molecule has 3 fully saturated rings. The van der Waals surface area contributed by atoms with E-state index in [0.717, 1.165) is 31.1 Å². The molecule has 4 rings (SSSR count). The molecule has 0 bridgehead atoms. The van der Waals surface area contributed by atoms with Crippen molar-refractivity contribution in [1.82, 2.24) is 0 Å². The van der Waals surface area contributed by atoms with Crippen LogP contribution in [0.4, 0.5) is 0 Å². The second-order valence-corrected chi connectivity index (χ2v) is 10.2. The molecule has 0 saturated heterocycles. The van der Waals surface area contributed by atoms with Gasteiger partial charge in [0.2, 0.25) is 0 Å². The zero-order valence-corrected chi connectivity index (χ0v) is 15.8. The molecule has 2 nitrogen and oxygen atoms in total. The van der Waals surface area contributed by atoms with E-state index in [1.807, 2.05) is 6.08 Å². The van der Waals surface area contributed by atoms with Gasteiger partial charge in [0.15, 0.2) is 5.78 Å². The first-order valence-electron chi connectivity index (χ1n) is 8.93. The second kappa shape index (κ2) is 5.05. The van der Waals surface area contributed by atoms with Gasteiger partial charge >= 0.3 is 0 Å². The molecular weight excluding hydrogens is 387 g/mol. The van der Waals surface area contributed by atoms with Gasteiger partial charge in [0.1, 0.15) is 0 Å². The second-order valence-electron chi connectivity index (χ2n) is 8.71. The van der Waals surface area contributed by atoms with E-state index in [1.54, 1.807) is 0 Å². The van der Waals surface area contributed by atoms with Crippen LogP contribution in [0.2, 0.25) is 0 Å². The number of alkyl halides is 1. The molecule has 3 saturated carbocycles. The van der Waals surface area contributed by atoms with Gasteiger partial charge < -0.3 is 5.11 Å². The van der Waals surface area contributed by atoms with E-state index in [2.05, 4.69) is 36.4 Å². The molecule has 0 aromatic heterocycles. The average molecular weight is 414 g/mol. The average Bonchev–Trinajstić information content (AvgIpc) is 2.77. The summed E-state index contributed by atoms with van der Waals surface area (Å²) in [5.74, 6) is 2.52. The number of carbonyl (C=O) groups is 1. The Morgan fingerprint density at radius 2 is 1.95 bits per heavy atom. The van der Waals surface area contributed by atoms with Gasteiger partial charge in [-0.15, -0.1) is 0 Å². The van der Waals surface area contributed by atoms with Crippen LogP contribution < -0.4 is 0 Å². The van der Waals surface area contributed by atoms with E-state index in [1.165, 1.54) is 31.3 Å². The Hall–Kier alpha value is 0.1000. The molecular formula is C19H27IO2. The Morgan fingerprint density at radius 3 is 2.73 bits per heavy atom. The number of aliphatic hydroxyl groups is 1. The maximum atomic E-state index is 12.1. The Kier molecular flexibility index (Phi) is 3.58. The lowest BCUT2D eigenvalue weighted by Gasteiger charge is -2.58. The molecule has 0 aliphatic heterocycles. The van der Waals surface area contributed by atoms with Crippen LogP contribution >= 0.6 is 22.6 Å². The maximum absolute atomic E-state index is 12.1. The predicted octanol–water partition coefficient (Wildman–Crippen LogP) is 4.29. The first kappa shape index (κ1) is 15.6. The monoisotopic (exact) mass is 414 g/mol. The number of hydrogen-bond donors (Lipinski definition) is 1. The van der Waals surface area contributed by atoms with E-state index in [4.69, 9.17) is 0 Å². The summed E-state index contributed by atoms with van der Waals surface area (Å²) in [5, 5.41) is 10.5. The molecule has 0 amide bonds. The van der Waals surface area contributed by atoms with Crippen LogP contribution in [0.15, 0.2) is 11.6 Å². The third-order valence-electron chi connectivity index (χ3n) is 7.91. The van der Waals surface area contributed by atoms with Crippen molar-refractivity contribution in [2.45, 2.75) is 68.8 Å². The maximum Gasteiger partial charge on any atom is 0.168 e. The van der Waals surface area contributed by atoms with Crippen LogP contribution in [0, 0.1) is 28.6 Å². The van der Waals surface area contributed by atoms with Gasteiger partial charge in [-0.05, 0) is 79.6 Å². The van der Waals surface area contributed by atoms with Crippen LogP contribution in [-0.2, 0) is 4.79 Å². The van der Waals surface area contributed by atoms with E-state index >= 15 is 0 Å². The summed E-state index contributed by atoms with van der Waals surface area (Å²) < 4.78 is 0.160. The standard InChI is InChI=1S/C19H27IO2/c1-18-8-7-14-12(13(18)5-6-17(18)22)4-3-11-9-16(21)15(20)10-19(11,14)2/h9,12-15,17,22H,3-8,10H2,1-2H3/t12-,13-,14-,15?,17-,18-,19-/m0/s1. The minimum atomic E-state index is -0.0894. The van der Waals surface area contributed by atoms with Gasteiger partial charge in [0.25, 0.3) is 0 Å². The van der Waals surface area contributed by atoms with Crippen LogP contribution in [0.5, 0.6) is 0 Å². The number of halogens is 1. The largest absolute Gasteiger partial charge is 0.393 e. The molecule has 0 aromatic rings. The lowest BCUT2D eigenvalue weighted by molar-refractivity contribution is -0.116. The zero-order chi connectivity index (χ0) is 15.7. The Bertz CT molecular complexity index is 542. The van der Waals surface area contributed by atoms with Crippen LogP contribution in [0.3, 0.4) is 0 Å². The third kappa shape index (κ3) is 1.96. The summed E-state index contributed by atoms with van der Waals surface area (Å²) in [4.78, 5) is 12.1. The van der Waals surface area contributed by atoms with E-state index in [9.17, 15) is 9.90 Å². The SMILES string of the molecule is C[C@]12CC[C@H]3[C@@H](CCC4=CC(=O)C(I)C[C@@]43C)[C@@H]1CC[C@@H]2O. The van der Waals surface area contributed by atoms with E-state index in [0.29, 0.717) is 11.7 Å². The molecule has 22 heavy (non-hydrogen) atoms. The Morgan fingerprint density at radius 1 is 1.18 bits per heavy atom. The van der Waals surface area contributed by atoms with Crippen molar-refractivity contribution >= 4 is 28.4 Å². The molecule has 0 spiro atoms. The Labute approximate surface area is 147 Å². The Balaban J connectivity index is 1.70. The van der Waals surface area contributed by atoms with E-state index in [-0.39, 0.29) is 20.9 Å². The summed E-state index contributed by atoms with van der Waals surface area (Å²) in [7, 11) is 0. The van der Waals surface area contributed by atoms with Crippen molar-refractivity contribution in [1.29, 1.82) is 0 Å². The number of allylic oxidation sites excluding steroid dienone is 1. The lowest BCUT2D eigenvalue weighted by atomic mass is 9.47. The molecule has 122 valence electrons. The normalized spacial score (nSPS) is 54.3. The highest BCUT2D eigenvalue weighted by Crippen LogP contribution is 2.65. The van der Waals surface area contributed by atoms with E-state index < -0.39 is 0 Å². The highest BCUT2D eigenvalue weighted by Gasteiger charge is 2.59. The van der Waals surface area contributed by atoms with Crippen molar-refractivity contribution in [2.75, 3.05) is 0 Å². The molecule has 0 radical (unpaired) electrons. The van der Waals surface area contributed by atoms with Gasteiger partial charge in [-0.2, -0.15) is 0 Å². The van der Waals surface area contributed by atoms with Crippen LogP contribution in [-0.4, -0.2) is 20.9 Å². The smallest absolute Gasteiger partial charge is 0.168 e. The fraction of sp³-hybridized carbons (Fsp3) is 0.842. The molecule has 1 N–H and O–H groups in total. The molecule has 1 unspecified atom stereocenters. The third-order valence-corrected chi connectivity index (χ3v) is 8.97. The van der Waals surface area contributed by atoms with Crippen LogP contribution in [0.25, 0.3) is 0 Å². The summed E-state index contributed by atoms with van der Waals surface area (Å²) in [6.07, 6.45) is 9.89. The topological polar surface area (TPSA) is 37.3 Å². The summed E-state index contributed by atoms with van der Waals surface area (Å²) in [6, 6.07) is 0. The van der Waals surface area contributed by atoms with Crippen LogP contribution in [0.1, 0.15) is 58.8 Å².